The van der Waals surface area contributed by atoms with Gasteiger partial charge in [0.2, 0.25) is 5.91 Å². The highest BCUT2D eigenvalue weighted by Crippen LogP contribution is 2.31. The van der Waals surface area contributed by atoms with Crippen molar-refractivity contribution in [3.8, 4) is 0 Å². The molecule has 10 heteroatoms. The molecule has 6 nitrogen and oxygen atoms in total. The van der Waals surface area contributed by atoms with Gasteiger partial charge in [-0.1, -0.05) is 24.3 Å². The zero-order valence-electron chi connectivity index (χ0n) is 16.2. The Morgan fingerprint density at radius 3 is 2.47 bits per heavy atom. The summed E-state index contributed by atoms with van der Waals surface area (Å²) in [7, 11) is 0. The van der Waals surface area contributed by atoms with Crippen LogP contribution in [0.3, 0.4) is 0 Å². The summed E-state index contributed by atoms with van der Waals surface area (Å²) < 4.78 is 53.5. The topological polar surface area (TPSA) is 72.7 Å². The number of nitrogens with one attached hydrogen (secondary N) is 1. The Bertz CT molecular complexity index is 1020. The second kappa shape index (κ2) is 8.60. The fraction of sp³-hybridized carbons (Fsp3) is 0.300. The van der Waals surface area contributed by atoms with Gasteiger partial charge in [-0.3, -0.25) is 4.79 Å². The molecule has 2 atom stereocenters. The molecule has 0 aliphatic rings. The van der Waals surface area contributed by atoms with Crippen LogP contribution >= 0.6 is 0 Å². The van der Waals surface area contributed by atoms with Crippen LogP contribution in [0.5, 0.6) is 0 Å². The molecule has 30 heavy (non-hydrogen) atoms. The van der Waals surface area contributed by atoms with E-state index in [2.05, 4.69) is 20.8 Å². The Kier molecular flexibility index (Phi) is 6.14. The van der Waals surface area contributed by atoms with E-state index in [1.54, 1.807) is 26.0 Å². The largest absolute Gasteiger partial charge is 0.416 e. The van der Waals surface area contributed by atoms with E-state index in [-0.39, 0.29) is 6.42 Å². The van der Waals surface area contributed by atoms with Gasteiger partial charge >= 0.3 is 6.18 Å². The zero-order valence-corrected chi connectivity index (χ0v) is 16.2. The first-order valence-corrected chi connectivity index (χ1v) is 9.11. The number of halogens is 4. The number of carbonyl (C=O) groups is 1. The number of nitrogens with zero attached hydrogens (tertiary/aromatic N) is 4. The first-order valence-electron chi connectivity index (χ1n) is 9.11. The van der Waals surface area contributed by atoms with E-state index >= 15 is 0 Å². The number of amides is 1. The van der Waals surface area contributed by atoms with E-state index < -0.39 is 35.5 Å². The Morgan fingerprint density at radius 1 is 1.17 bits per heavy atom. The van der Waals surface area contributed by atoms with Crippen LogP contribution in [-0.2, 0) is 17.4 Å². The van der Waals surface area contributed by atoms with Crippen molar-refractivity contribution < 1.29 is 22.4 Å². The third-order valence-corrected chi connectivity index (χ3v) is 4.67. The summed E-state index contributed by atoms with van der Waals surface area (Å²) in [5.41, 5.74) is 0.200. The molecule has 1 amide bonds. The van der Waals surface area contributed by atoms with Gasteiger partial charge in [-0.2, -0.15) is 13.2 Å². The molecule has 158 valence electrons. The van der Waals surface area contributed by atoms with Crippen molar-refractivity contribution in [3.63, 3.8) is 0 Å². The van der Waals surface area contributed by atoms with E-state index in [1.165, 1.54) is 28.9 Å². The summed E-state index contributed by atoms with van der Waals surface area (Å²) in [5.74, 6) is -0.486. The van der Waals surface area contributed by atoms with Crippen molar-refractivity contribution in [1.82, 2.24) is 25.5 Å². The number of aromatic nitrogens is 4. The molecule has 0 saturated carbocycles. The van der Waals surface area contributed by atoms with Gasteiger partial charge < -0.3 is 5.32 Å². The first kappa shape index (κ1) is 21.4. The van der Waals surface area contributed by atoms with Gasteiger partial charge in [0.25, 0.3) is 0 Å². The molecule has 0 saturated heterocycles. The lowest BCUT2D eigenvalue weighted by atomic mass is 10.0. The van der Waals surface area contributed by atoms with Gasteiger partial charge in [0.1, 0.15) is 17.7 Å². The monoisotopic (exact) mass is 421 g/mol. The molecule has 1 aromatic heterocycles. The number of benzene rings is 2. The molecule has 1 heterocycles. The summed E-state index contributed by atoms with van der Waals surface area (Å²) in [5, 5.41) is 13.9. The lowest BCUT2D eigenvalue weighted by molar-refractivity contribution is -0.137. The number of rotatable bonds is 6. The highest BCUT2D eigenvalue weighted by molar-refractivity contribution is 5.81. The lowest BCUT2D eigenvalue weighted by Crippen LogP contribution is -2.36. The van der Waals surface area contributed by atoms with Crippen LogP contribution in [0.25, 0.3) is 0 Å². The maximum absolute atomic E-state index is 13.2. The van der Waals surface area contributed by atoms with E-state index in [4.69, 9.17) is 0 Å². The molecule has 0 bridgehead atoms. The Balaban J connectivity index is 1.83. The van der Waals surface area contributed by atoms with Gasteiger partial charge in [0.05, 0.1) is 11.6 Å². The molecule has 0 unspecified atom stereocenters. The van der Waals surface area contributed by atoms with Gasteiger partial charge in [-0.25, -0.2) is 9.07 Å². The molecule has 0 aliphatic heterocycles. The molecular weight excluding hydrogens is 402 g/mol. The first-order chi connectivity index (χ1) is 14.1. The van der Waals surface area contributed by atoms with Gasteiger partial charge in [-0.15, -0.1) is 5.10 Å². The van der Waals surface area contributed by atoms with Crippen molar-refractivity contribution >= 4 is 5.91 Å². The quantitative estimate of drug-likeness (QED) is 0.615. The van der Waals surface area contributed by atoms with Crippen molar-refractivity contribution in [2.45, 2.75) is 38.5 Å². The summed E-state index contributed by atoms with van der Waals surface area (Å²) in [6.07, 6.45) is -4.30. The van der Waals surface area contributed by atoms with Crippen LogP contribution in [-0.4, -0.2) is 26.1 Å². The second-order valence-electron chi connectivity index (χ2n) is 6.87. The highest BCUT2D eigenvalue weighted by atomic mass is 19.4. The second-order valence-corrected chi connectivity index (χ2v) is 6.87. The molecule has 3 aromatic rings. The maximum atomic E-state index is 13.2. The van der Waals surface area contributed by atoms with Crippen molar-refractivity contribution in [3.05, 3.63) is 76.9 Å². The highest BCUT2D eigenvalue weighted by Gasteiger charge is 2.31. The fourth-order valence-electron chi connectivity index (χ4n) is 3.04. The molecular formula is C20H19F4N5O. The summed E-state index contributed by atoms with van der Waals surface area (Å²) in [6, 6.07) is 8.88. The molecule has 0 spiro atoms. The molecule has 2 aromatic carbocycles. The van der Waals surface area contributed by atoms with E-state index in [0.29, 0.717) is 17.0 Å². The average molecular weight is 421 g/mol. The summed E-state index contributed by atoms with van der Waals surface area (Å²) in [4.78, 5) is 13.0. The van der Waals surface area contributed by atoms with Crippen LogP contribution in [0.1, 0.15) is 41.5 Å². The van der Waals surface area contributed by atoms with Crippen molar-refractivity contribution in [2.75, 3.05) is 0 Å². The number of carbonyl (C=O) groups excluding carboxylic acids is 1. The molecule has 0 fully saturated rings. The Labute approximate surface area is 169 Å². The summed E-state index contributed by atoms with van der Waals surface area (Å²) >= 11 is 0. The van der Waals surface area contributed by atoms with Crippen LogP contribution in [0.2, 0.25) is 0 Å². The molecule has 1 N–H and O–H groups in total. The number of hydrogen-bond acceptors (Lipinski definition) is 4. The van der Waals surface area contributed by atoms with E-state index in [9.17, 15) is 22.4 Å². The normalized spacial score (nSPS) is 13.7. The van der Waals surface area contributed by atoms with Crippen LogP contribution in [0.4, 0.5) is 17.6 Å². The minimum atomic E-state index is -4.48. The third kappa shape index (κ3) is 5.00. The number of aryl methyl sites for hydroxylation is 1. The SMILES string of the molecule is Cc1nnnn1[C@H](Cc1ccc(F)cc1)C(=O)N[C@H](C)c1cccc(C(F)(F)F)c1. The standard InChI is InChI=1S/C20H19F4N5O/c1-12(15-4-3-5-16(11-15)20(22,23)24)25-19(30)18(29-13(2)26-27-28-29)10-14-6-8-17(21)9-7-14/h3-9,11-12,18H,10H2,1-2H3,(H,25,30)/t12-,18-/m1/s1. The van der Waals surface area contributed by atoms with E-state index in [1.807, 2.05) is 0 Å². The van der Waals surface area contributed by atoms with E-state index in [0.717, 1.165) is 12.1 Å². The number of tetrazole rings is 1. The van der Waals surface area contributed by atoms with Gasteiger partial charge in [0.15, 0.2) is 0 Å². The average Bonchev–Trinajstić information content (AvgIpc) is 3.12. The summed E-state index contributed by atoms with van der Waals surface area (Å²) in [6.45, 7) is 3.22. The van der Waals surface area contributed by atoms with Crippen LogP contribution in [0, 0.1) is 12.7 Å². The lowest BCUT2D eigenvalue weighted by Gasteiger charge is -2.21. The molecule has 0 aliphatic carbocycles. The van der Waals surface area contributed by atoms with Crippen LogP contribution in [0.15, 0.2) is 48.5 Å². The smallest absolute Gasteiger partial charge is 0.348 e. The minimum Gasteiger partial charge on any atom is -0.348 e. The zero-order chi connectivity index (χ0) is 21.9. The van der Waals surface area contributed by atoms with Crippen molar-refractivity contribution in [1.29, 1.82) is 0 Å². The minimum absolute atomic E-state index is 0.174. The predicted molar refractivity (Wildman–Crippen MR) is 99.7 cm³/mol. The Morgan fingerprint density at radius 2 is 1.87 bits per heavy atom. The predicted octanol–water partition coefficient (Wildman–Crippen LogP) is 3.80. The molecule has 0 radical (unpaired) electrons. The van der Waals surface area contributed by atoms with Crippen molar-refractivity contribution in [2.24, 2.45) is 0 Å². The third-order valence-electron chi connectivity index (χ3n) is 4.67. The Hall–Kier alpha value is -3.30. The van der Waals surface area contributed by atoms with Gasteiger partial charge in [-0.05, 0) is 59.7 Å². The van der Waals surface area contributed by atoms with Crippen LogP contribution < -0.4 is 5.32 Å². The number of hydrogen-bond donors (Lipinski definition) is 1. The molecule has 3 rings (SSSR count). The van der Waals surface area contributed by atoms with Gasteiger partial charge in [0, 0.05) is 6.42 Å². The number of alkyl halides is 3. The fourth-order valence-corrected chi connectivity index (χ4v) is 3.04. The maximum Gasteiger partial charge on any atom is 0.416 e.